The zero-order valence-electron chi connectivity index (χ0n) is 12.4. The molecule has 0 saturated carbocycles. The zero-order chi connectivity index (χ0) is 14.9. The summed E-state index contributed by atoms with van der Waals surface area (Å²) < 4.78 is 0. The van der Waals surface area contributed by atoms with Crippen molar-refractivity contribution in [3.8, 4) is 23.7 Å². The molecule has 0 aromatic heterocycles. The Hall–Kier alpha value is -1.67. The van der Waals surface area contributed by atoms with E-state index in [1.165, 1.54) is 19.3 Å². The molecule has 0 aliphatic rings. The predicted molar refractivity (Wildman–Crippen MR) is 84.2 cm³/mol. The van der Waals surface area contributed by atoms with E-state index in [4.69, 9.17) is 5.11 Å². The van der Waals surface area contributed by atoms with Crippen LogP contribution in [0.5, 0.6) is 0 Å². The Balaban J connectivity index is 3.32. The van der Waals surface area contributed by atoms with Gasteiger partial charge in [0.25, 0.3) is 0 Å². The second kappa shape index (κ2) is 15.4. The van der Waals surface area contributed by atoms with Crippen molar-refractivity contribution < 1.29 is 9.90 Å². The average molecular weight is 274 g/mol. The molecule has 2 heteroatoms. The Kier molecular flexibility index (Phi) is 14.1. The van der Waals surface area contributed by atoms with E-state index in [0.29, 0.717) is 0 Å². The molecule has 0 fully saturated rings. The number of unbranched alkanes of at least 4 members (excludes halogenated alkanes) is 8. The van der Waals surface area contributed by atoms with E-state index in [0.717, 1.165) is 44.9 Å². The molecule has 0 unspecified atom stereocenters. The second-order valence-electron chi connectivity index (χ2n) is 4.80. The Morgan fingerprint density at radius 3 is 2.00 bits per heavy atom. The second-order valence-corrected chi connectivity index (χ2v) is 4.80. The predicted octanol–water partition coefficient (Wildman–Crippen LogP) is 4.55. The summed E-state index contributed by atoms with van der Waals surface area (Å²) in [6, 6.07) is 0. The lowest BCUT2D eigenvalue weighted by atomic mass is 10.1. The minimum absolute atomic E-state index is 0.264. The topological polar surface area (TPSA) is 37.3 Å². The first-order valence-electron chi connectivity index (χ1n) is 7.55. The quantitative estimate of drug-likeness (QED) is 0.341. The summed E-state index contributed by atoms with van der Waals surface area (Å²) >= 11 is 0. The van der Waals surface area contributed by atoms with Gasteiger partial charge in [-0.25, -0.2) is 0 Å². The molecular formula is C18H26O2. The fraction of sp³-hybridized carbons (Fsp3) is 0.611. The monoisotopic (exact) mass is 274 g/mol. The molecule has 0 aliphatic heterocycles. The molecule has 0 aromatic carbocycles. The molecule has 0 amide bonds. The number of carboxylic acid groups (broad SMARTS) is 1. The van der Waals surface area contributed by atoms with Crippen molar-refractivity contribution in [3.63, 3.8) is 0 Å². The summed E-state index contributed by atoms with van der Waals surface area (Å²) in [5.41, 5.74) is 0. The fourth-order valence-electron chi connectivity index (χ4n) is 1.74. The first-order valence-corrected chi connectivity index (χ1v) is 7.55. The smallest absolute Gasteiger partial charge is 0.303 e. The zero-order valence-corrected chi connectivity index (χ0v) is 12.4. The molecule has 20 heavy (non-hydrogen) atoms. The summed E-state index contributed by atoms with van der Waals surface area (Å²) in [4.78, 5) is 10.3. The molecule has 0 aromatic rings. The lowest BCUT2D eigenvalue weighted by Crippen LogP contribution is -1.93. The van der Waals surface area contributed by atoms with Crippen LogP contribution in [0.15, 0.2) is 12.7 Å². The first-order chi connectivity index (χ1) is 9.77. The van der Waals surface area contributed by atoms with E-state index < -0.39 is 5.97 Å². The standard InChI is InChI=1S/C18H26O2/c1-2-3-4-5-6-7-8-9-10-11-12-13-14-15-16-17-18(19)20/h2H,1,3-8,13-17H2,(H,19,20). The number of allylic oxidation sites excluding steroid dienone is 1. The van der Waals surface area contributed by atoms with Gasteiger partial charge in [0.15, 0.2) is 0 Å². The van der Waals surface area contributed by atoms with Gasteiger partial charge in [-0.2, -0.15) is 0 Å². The van der Waals surface area contributed by atoms with Crippen molar-refractivity contribution in [1.29, 1.82) is 0 Å². The SMILES string of the molecule is C=CCCCCCCC#CC#CCCCCCC(=O)O. The van der Waals surface area contributed by atoms with Gasteiger partial charge >= 0.3 is 5.97 Å². The van der Waals surface area contributed by atoms with Crippen LogP contribution >= 0.6 is 0 Å². The van der Waals surface area contributed by atoms with Crippen LogP contribution < -0.4 is 0 Å². The molecule has 0 atom stereocenters. The van der Waals surface area contributed by atoms with E-state index in [1.807, 2.05) is 6.08 Å². The van der Waals surface area contributed by atoms with Gasteiger partial charge in [0, 0.05) is 19.3 Å². The molecule has 110 valence electrons. The van der Waals surface area contributed by atoms with Crippen LogP contribution in [0.3, 0.4) is 0 Å². The molecule has 0 heterocycles. The number of carbonyl (C=O) groups is 1. The Morgan fingerprint density at radius 2 is 1.45 bits per heavy atom. The summed E-state index contributed by atoms with van der Waals surface area (Å²) in [5, 5.41) is 8.47. The third-order valence-corrected chi connectivity index (χ3v) is 2.89. The molecule has 0 saturated heterocycles. The van der Waals surface area contributed by atoms with Crippen molar-refractivity contribution in [2.24, 2.45) is 0 Å². The highest BCUT2D eigenvalue weighted by molar-refractivity contribution is 5.66. The highest BCUT2D eigenvalue weighted by Gasteiger charge is 1.94. The van der Waals surface area contributed by atoms with Crippen LogP contribution in [0, 0.1) is 23.7 Å². The molecule has 2 nitrogen and oxygen atoms in total. The Bertz CT molecular complexity index is 374. The van der Waals surface area contributed by atoms with Crippen molar-refractivity contribution >= 4 is 5.97 Å². The normalized spacial score (nSPS) is 9.00. The van der Waals surface area contributed by atoms with Crippen LogP contribution in [0.2, 0.25) is 0 Å². The summed E-state index contributed by atoms with van der Waals surface area (Å²) in [7, 11) is 0. The van der Waals surface area contributed by atoms with Crippen LogP contribution in [0.1, 0.15) is 70.6 Å². The van der Waals surface area contributed by atoms with Gasteiger partial charge in [0.1, 0.15) is 0 Å². The van der Waals surface area contributed by atoms with Crippen molar-refractivity contribution in [2.45, 2.75) is 70.6 Å². The number of rotatable bonds is 11. The number of hydrogen-bond acceptors (Lipinski definition) is 1. The van der Waals surface area contributed by atoms with Crippen molar-refractivity contribution in [1.82, 2.24) is 0 Å². The van der Waals surface area contributed by atoms with Crippen LogP contribution in [0.25, 0.3) is 0 Å². The third-order valence-electron chi connectivity index (χ3n) is 2.89. The average Bonchev–Trinajstić information content (AvgIpc) is 2.43. The van der Waals surface area contributed by atoms with Crippen LogP contribution in [-0.4, -0.2) is 11.1 Å². The molecular weight excluding hydrogens is 248 g/mol. The minimum atomic E-state index is -0.716. The minimum Gasteiger partial charge on any atom is -0.481 e. The number of aliphatic carboxylic acids is 1. The number of carboxylic acids is 1. The largest absolute Gasteiger partial charge is 0.481 e. The van der Waals surface area contributed by atoms with Crippen molar-refractivity contribution in [2.75, 3.05) is 0 Å². The summed E-state index contributed by atoms with van der Waals surface area (Å²) in [6.07, 6.45) is 12.6. The first kappa shape index (κ1) is 18.3. The number of hydrogen-bond donors (Lipinski definition) is 1. The molecule has 0 spiro atoms. The van der Waals surface area contributed by atoms with E-state index in [9.17, 15) is 4.79 Å². The summed E-state index contributed by atoms with van der Waals surface area (Å²) in [6.45, 7) is 3.70. The molecule has 0 radical (unpaired) electrons. The van der Waals surface area contributed by atoms with Gasteiger partial charge in [-0.15, -0.1) is 6.58 Å². The van der Waals surface area contributed by atoms with Gasteiger partial charge in [-0.1, -0.05) is 37.2 Å². The van der Waals surface area contributed by atoms with Crippen LogP contribution in [-0.2, 0) is 4.79 Å². The van der Waals surface area contributed by atoms with Gasteiger partial charge in [0.05, 0.1) is 0 Å². The van der Waals surface area contributed by atoms with E-state index in [1.54, 1.807) is 0 Å². The Morgan fingerprint density at radius 1 is 0.900 bits per heavy atom. The molecule has 1 N–H and O–H groups in total. The van der Waals surface area contributed by atoms with Gasteiger partial charge in [0.2, 0.25) is 0 Å². The van der Waals surface area contributed by atoms with E-state index in [-0.39, 0.29) is 6.42 Å². The van der Waals surface area contributed by atoms with E-state index >= 15 is 0 Å². The fourth-order valence-corrected chi connectivity index (χ4v) is 1.74. The van der Waals surface area contributed by atoms with Gasteiger partial charge in [-0.3, -0.25) is 4.79 Å². The molecule has 0 rings (SSSR count). The van der Waals surface area contributed by atoms with E-state index in [2.05, 4.69) is 30.3 Å². The maximum atomic E-state index is 10.3. The lowest BCUT2D eigenvalue weighted by molar-refractivity contribution is -0.137. The molecule has 0 aliphatic carbocycles. The van der Waals surface area contributed by atoms with Gasteiger partial charge in [-0.05, 0) is 43.9 Å². The lowest BCUT2D eigenvalue weighted by Gasteiger charge is -1.94. The highest BCUT2D eigenvalue weighted by atomic mass is 16.4. The van der Waals surface area contributed by atoms with Crippen molar-refractivity contribution in [3.05, 3.63) is 12.7 Å². The third kappa shape index (κ3) is 16.3. The maximum absolute atomic E-state index is 10.3. The highest BCUT2D eigenvalue weighted by Crippen LogP contribution is 2.04. The maximum Gasteiger partial charge on any atom is 0.303 e. The molecule has 0 bridgehead atoms. The Labute approximate surface area is 123 Å². The van der Waals surface area contributed by atoms with Crippen LogP contribution in [0.4, 0.5) is 0 Å². The summed E-state index contributed by atoms with van der Waals surface area (Å²) in [5.74, 6) is 11.1. The van der Waals surface area contributed by atoms with Gasteiger partial charge < -0.3 is 5.11 Å².